The first-order chi connectivity index (χ1) is 9.88. The second kappa shape index (κ2) is 9.47. The molecule has 5 nitrogen and oxygen atoms in total. The van der Waals surface area contributed by atoms with Crippen molar-refractivity contribution in [2.75, 3.05) is 58.7 Å². The standard InChI is InChI=1S/C14H28N4OS/c1-15-14(17-12-13-4-2-3-11-20-13)16-5-6-18-7-9-19-10-8-18/h13H,2-12H2,1H3,(H2,15,16,17). The molecule has 20 heavy (non-hydrogen) atoms. The van der Waals surface area contributed by atoms with Gasteiger partial charge in [0.15, 0.2) is 5.96 Å². The average Bonchev–Trinajstić information content (AvgIpc) is 2.52. The van der Waals surface area contributed by atoms with Crippen LogP contribution in [0, 0.1) is 0 Å². The van der Waals surface area contributed by atoms with Crippen LogP contribution < -0.4 is 10.6 Å². The van der Waals surface area contributed by atoms with Gasteiger partial charge in [-0.15, -0.1) is 0 Å². The molecule has 0 aromatic rings. The molecule has 0 amide bonds. The lowest BCUT2D eigenvalue weighted by Gasteiger charge is -2.27. The van der Waals surface area contributed by atoms with Gasteiger partial charge < -0.3 is 15.4 Å². The third-order valence-corrected chi connectivity index (χ3v) is 5.22. The monoisotopic (exact) mass is 300 g/mol. The number of nitrogens with one attached hydrogen (secondary N) is 2. The Bertz CT molecular complexity index is 289. The Morgan fingerprint density at radius 2 is 2.15 bits per heavy atom. The summed E-state index contributed by atoms with van der Waals surface area (Å²) >= 11 is 2.09. The van der Waals surface area contributed by atoms with Gasteiger partial charge in [-0.3, -0.25) is 9.89 Å². The Labute approximate surface area is 126 Å². The highest BCUT2D eigenvalue weighted by Gasteiger charge is 2.14. The molecule has 0 aliphatic carbocycles. The molecule has 0 saturated carbocycles. The minimum Gasteiger partial charge on any atom is -0.379 e. The Balaban J connectivity index is 1.57. The van der Waals surface area contributed by atoms with E-state index in [4.69, 9.17) is 4.74 Å². The third kappa shape index (κ3) is 5.89. The lowest BCUT2D eigenvalue weighted by molar-refractivity contribution is 0.0389. The highest BCUT2D eigenvalue weighted by molar-refractivity contribution is 7.99. The number of aliphatic imine (C=N–C) groups is 1. The molecular formula is C14H28N4OS. The third-order valence-electron chi connectivity index (χ3n) is 3.82. The van der Waals surface area contributed by atoms with Crippen LogP contribution in [0.1, 0.15) is 19.3 Å². The van der Waals surface area contributed by atoms with Crippen LogP contribution in [0.5, 0.6) is 0 Å². The van der Waals surface area contributed by atoms with Crippen molar-refractivity contribution in [3.63, 3.8) is 0 Å². The molecule has 1 atom stereocenters. The average molecular weight is 300 g/mol. The van der Waals surface area contributed by atoms with Crippen LogP contribution >= 0.6 is 11.8 Å². The highest BCUT2D eigenvalue weighted by Crippen LogP contribution is 2.24. The van der Waals surface area contributed by atoms with Gasteiger partial charge in [0, 0.05) is 45.0 Å². The van der Waals surface area contributed by atoms with E-state index in [1.807, 2.05) is 7.05 Å². The summed E-state index contributed by atoms with van der Waals surface area (Å²) in [5.41, 5.74) is 0. The molecule has 2 heterocycles. The van der Waals surface area contributed by atoms with E-state index in [-0.39, 0.29) is 0 Å². The Kier molecular flexibility index (Phi) is 7.54. The van der Waals surface area contributed by atoms with E-state index in [1.165, 1.54) is 25.0 Å². The van der Waals surface area contributed by atoms with Gasteiger partial charge in [-0.2, -0.15) is 11.8 Å². The van der Waals surface area contributed by atoms with E-state index in [1.54, 1.807) is 0 Å². The lowest BCUT2D eigenvalue weighted by atomic mass is 10.2. The predicted molar refractivity (Wildman–Crippen MR) is 86.7 cm³/mol. The smallest absolute Gasteiger partial charge is 0.191 e. The van der Waals surface area contributed by atoms with Crippen molar-refractivity contribution >= 4 is 17.7 Å². The minimum absolute atomic E-state index is 0.751. The quantitative estimate of drug-likeness (QED) is 0.580. The van der Waals surface area contributed by atoms with Crippen LogP contribution in [0.3, 0.4) is 0 Å². The van der Waals surface area contributed by atoms with Gasteiger partial charge in [-0.1, -0.05) is 6.42 Å². The summed E-state index contributed by atoms with van der Waals surface area (Å²) < 4.78 is 5.35. The molecule has 0 aromatic carbocycles. The number of thioether (sulfide) groups is 1. The van der Waals surface area contributed by atoms with Crippen molar-refractivity contribution in [2.24, 2.45) is 4.99 Å². The summed E-state index contributed by atoms with van der Waals surface area (Å²) in [7, 11) is 1.85. The van der Waals surface area contributed by atoms with Gasteiger partial charge in [0.1, 0.15) is 0 Å². The summed E-state index contributed by atoms with van der Waals surface area (Å²) in [6.07, 6.45) is 4.10. The number of ether oxygens (including phenoxy) is 1. The first kappa shape index (κ1) is 15.9. The van der Waals surface area contributed by atoms with Crippen LogP contribution in [0.2, 0.25) is 0 Å². The van der Waals surface area contributed by atoms with Gasteiger partial charge in [-0.05, 0) is 18.6 Å². The van der Waals surface area contributed by atoms with Gasteiger partial charge in [0.25, 0.3) is 0 Å². The number of guanidine groups is 1. The first-order valence-corrected chi connectivity index (χ1v) is 8.79. The normalized spacial score (nSPS) is 25.4. The van der Waals surface area contributed by atoms with E-state index in [0.29, 0.717) is 0 Å². The van der Waals surface area contributed by atoms with E-state index >= 15 is 0 Å². The predicted octanol–water partition coefficient (Wildman–Crippen LogP) is 0.769. The van der Waals surface area contributed by atoms with Gasteiger partial charge in [-0.25, -0.2) is 0 Å². The fraction of sp³-hybridized carbons (Fsp3) is 0.929. The number of hydrogen-bond donors (Lipinski definition) is 2. The number of hydrogen-bond acceptors (Lipinski definition) is 4. The molecule has 6 heteroatoms. The Morgan fingerprint density at radius 3 is 2.85 bits per heavy atom. The summed E-state index contributed by atoms with van der Waals surface area (Å²) in [5, 5.41) is 7.61. The molecule has 0 bridgehead atoms. The topological polar surface area (TPSA) is 48.9 Å². The van der Waals surface area contributed by atoms with Crippen molar-refractivity contribution in [1.29, 1.82) is 0 Å². The summed E-state index contributed by atoms with van der Waals surface area (Å²) in [5.74, 6) is 2.25. The molecule has 2 fully saturated rings. The Morgan fingerprint density at radius 1 is 1.30 bits per heavy atom. The van der Waals surface area contributed by atoms with Gasteiger partial charge in [0.2, 0.25) is 0 Å². The largest absolute Gasteiger partial charge is 0.379 e. The SMILES string of the molecule is CN=C(NCCN1CCOCC1)NCC1CCCCS1. The summed E-state index contributed by atoms with van der Waals surface area (Å²) in [6, 6.07) is 0. The maximum atomic E-state index is 5.35. The van der Waals surface area contributed by atoms with Gasteiger partial charge in [0.05, 0.1) is 13.2 Å². The molecule has 0 radical (unpaired) electrons. The fourth-order valence-electron chi connectivity index (χ4n) is 2.56. The molecule has 116 valence electrons. The molecule has 2 N–H and O–H groups in total. The van der Waals surface area contributed by atoms with Gasteiger partial charge >= 0.3 is 0 Å². The number of morpholine rings is 1. The van der Waals surface area contributed by atoms with E-state index in [0.717, 1.165) is 57.1 Å². The number of rotatable bonds is 5. The maximum Gasteiger partial charge on any atom is 0.191 e. The van der Waals surface area contributed by atoms with E-state index in [9.17, 15) is 0 Å². The molecule has 2 saturated heterocycles. The molecule has 0 aromatic heterocycles. The fourth-order valence-corrected chi connectivity index (χ4v) is 3.80. The van der Waals surface area contributed by atoms with Crippen molar-refractivity contribution in [1.82, 2.24) is 15.5 Å². The minimum atomic E-state index is 0.751. The maximum absolute atomic E-state index is 5.35. The molecule has 2 aliphatic heterocycles. The zero-order chi connectivity index (χ0) is 14.0. The number of nitrogens with zero attached hydrogens (tertiary/aromatic N) is 2. The van der Waals surface area contributed by atoms with E-state index < -0.39 is 0 Å². The molecule has 0 spiro atoms. The second-order valence-electron chi connectivity index (χ2n) is 5.32. The molecule has 1 unspecified atom stereocenters. The first-order valence-electron chi connectivity index (χ1n) is 7.74. The van der Waals surface area contributed by atoms with Crippen LogP contribution in [0.25, 0.3) is 0 Å². The van der Waals surface area contributed by atoms with Crippen LogP contribution in [-0.2, 0) is 4.74 Å². The Hall–Kier alpha value is -0.460. The summed E-state index contributed by atoms with van der Waals surface area (Å²) in [6.45, 7) is 6.86. The second-order valence-corrected chi connectivity index (χ2v) is 6.73. The van der Waals surface area contributed by atoms with Crippen LogP contribution in [0.15, 0.2) is 4.99 Å². The van der Waals surface area contributed by atoms with E-state index in [2.05, 4.69) is 32.3 Å². The van der Waals surface area contributed by atoms with Crippen molar-refractivity contribution < 1.29 is 4.74 Å². The highest BCUT2D eigenvalue weighted by atomic mass is 32.2. The summed E-state index contributed by atoms with van der Waals surface area (Å²) in [4.78, 5) is 6.73. The molecular weight excluding hydrogens is 272 g/mol. The zero-order valence-corrected chi connectivity index (χ0v) is 13.4. The lowest BCUT2D eigenvalue weighted by Crippen LogP contribution is -2.45. The van der Waals surface area contributed by atoms with Crippen molar-refractivity contribution in [3.05, 3.63) is 0 Å². The van der Waals surface area contributed by atoms with Crippen LogP contribution in [-0.4, -0.2) is 74.8 Å². The van der Waals surface area contributed by atoms with Crippen molar-refractivity contribution in [2.45, 2.75) is 24.5 Å². The molecule has 2 rings (SSSR count). The molecule has 2 aliphatic rings. The van der Waals surface area contributed by atoms with Crippen LogP contribution in [0.4, 0.5) is 0 Å². The van der Waals surface area contributed by atoms with Crippen molar-refractivity contribution in [3.8, 4) is 0 Å². The zero-order valence-electron chi connectivity index (χ0n) is 12.6.